The van der Waals surface area contributed by atoms with E-state index in [1.807, 2.05) is 39.0 Å². The van der Waals surface area contributed by atoms with Crippen molar-refractivity contribution < 1.29 is 19.0 Å². The number of hydrogen-bond donors (Lipinski definition) is 1. The highest BCUT2D eigenvalue weighted by molar-refractivity contribution is 5.78. The molecule has 0 unspecified atom stereocenters. The monoisotopic (exact) mass is 355 g/mol. The number of benzene rings is 2. The van der Waals surface area contributed by atoms with Crippen LogP contribution in [0.3, 0.4) is 0 Å². The third-order valence-corrected chi connectivity index (χ3v) is 4.39. The molecular formula is C21H25NO4. The van der Waals surface area contributed by atoms with Gasteiger partial charge in [-0.3, -0.25) is 4.79 Å². The van der Waals surface area contributed by atoms with Crippen LogP contribution in [0.25, 0.3) is 0 Å². The number of amides is 1. The van der Waals surface area contributed by atoms with Crippen LogP contribution in [0.4, 0.5) is 0 Å². The van der Waals surface area contributed by atoms with E-state index in [1.165, 1.54) is 0 Å². The Morgan fingerprint density at radius 3 is 2.58 bits per heavy atom. The fourth-order valence-corrected chi connectivity index (χ4v) is 3.14. The third kappa shape index (κ3) is 4.28. The molecule has 1 amide bonds. The molecule has 1 N–H and O–H groups in total. The zero-order valence-electron chi connectivity index (χ0n) is 15.7. The highest BCUT2D eigenvalue weighted by Gasteiger charge is 2.34. The van der Waals surface area contributed by atoms with Gasteiger partial charge in [0.05, 0.1) is 13.2 Å². The topological polar surface area (TPSA) is 56.8 Å². The van der Waals surface area contributed by atoms with Gasteiger partial charge >= 0.3 is 0 Å². The van der Waals surface area contributed by atoms with Gasteiger partial charge in [-0.15, -0.1) is 0 Å². The molecule has 0 spiro atoms. The van der Waals surface area contributed by atoms with E-state index in [2.05, 4.69) is 5.32 Å². The molecule has 2 aromatic carbocycles. The van der Waals surface area contributed by atoms with Gasteiger partial charge in [0, 0.05) is 12.0 Å². The Morgan fingerprint density at radius 1 is 1.19 bits per heavy atom. The van der Waals surface area contributed by atoms with Crippen LogP contribution in [0.1, 0.15) is 37.4 Å². The molecule has 0 saturated heterocycles. The molecule has 0 aliphatic carbocycles. The zero-order chi connectivity index (χ0) is 18.7. The molecule has 0 radical (unpaired) electrons. The maximum Gasteiger partial charge on any atom is 0.258 e. The van der Waals surface area contributed by atoms with Crippen LogP contribution in [-0.2, 0) is 4.79 Å². The number of aryl methyl sites for hydroxylation is 1. The molecule has 138 valence electrons. The fourth-order valence-electron chi connectivity index (χ4n) is 3.14. The van der Waals surface area contributed by atoms with Crippen molar-refractivity contribution in [2.24, 2.45) is 0 Å². The quantitative estimate of drug-likeness (QED) is 0.886. The lowest BCUT2D eigenvalue weighted by atomic mass is 9.89. The molecule has 0 bridgehead atoms. The lowest BCUT2D eigenvalue weighted by molar-refractivity contribution is -0.124. The van der Waals surface area contributed by atoms with Gasteiger partial charge < -0.3 is 19.5 Å². The third-order valence-electron chi connectivity index (χ3n) is 4.39. The normalized spacial score (nSPS) is 17.6. The van der Waals surface area contributed by atoms with Crippen LogP contribution < -0.4 is 19.5 Å². The predicted octanol–water partition coefficient (Wildman–Crippen LogP) is 3.80. The Hall–Kier alpha value is -2.69. The van der Waals surface area contributed by atoms with Gasteiger partial charge in [0.15, 0.2) is 6.61 Å². The Balaban J connectivity index is 1.65. The van der Waals surface area contributed by atoms with E-state index in [4.69, 9.17) is 14.2 Å². The molecule has 1 aliphatic rings. The summed E-state index contributed by atoms with van der Waals surface area (Å²) < 4.78 is 16.7. The summed E-state index contributed by atoms with van der Waals surface area (Å²) in [5.41, 5.74) is 1.80. The molecule has 1 aliphatic heterocycles. The first-order valence-electron chi connectivity index (χ1n) is 8.72. The van der Waals surface area contributed by atoms with Crippen LogP contribution in [0.15, 0.2) is 42.5 Å². The van der Waals surface area contributed by atoms with E-state index < -0.39 is 0 Å². The maximum atomic E-state index is 12.4. The number of carbonyl (C=O) groups is 1. The smallest absolute Gasteiger partial charge is 0.258 e. The summed E-state index contributed by atoms with van der Waals surface area (Å²) in [6, 6.07) is 13.1. The molecule has 0 saturated carbocycles. The van der Waals surface area contributed by atoms with Gasteiger partial charge in [-0.25, -0.2) is 0 Å². The van der Waals surface area contributed by atoms with Crippen molar-refractivity contribution in [1.29, 1.82) is 0 Å². The van der Waals surface area contributed by atoms with Gasteiger partial charge in [-0.05, 0) is 56.7 Å². The minimum Gasteiger partial charge on any atom is -0.497 e. The number of ether oxygens (including phenoxy) is 3. The number of hydrogen-bond acceptors (Lipinski definition) is 4. The molecule has 0 fully saturated rings. The average molecular weight is 355 g/mol. The molecule has 1 heterocycles. The van der Waals surface area contributed by atoms with Crippen LogP contribution in [0.5, 0.6) is 17.2 Å². The minimum atomic E-state index is -0.338. The van der Waals surface area contributed by atoms with Crippen molar-refractivity contribution in [3.63, 3.8) is 0 Å². The van der Waals surface area contributed by atoms with Crippen LogP contribution in [-0.4, -0.2) is 25.2 Å². The molecule has 0 aromatic heterocycles. The molecule has 5 nitrogen and oxygen atoms in total. The fraction of sp³-hybridized carbons (Fsp3) is 0.381. The Labute approximate surface area is 154 Å². The number of fused-ring (bicyclic) bond motifs is 1. The van der Waals surface area contributed by atoms with Crippen LogP contribution in [0.2, 0.25) is 0 Å². The van der Waals surface area contributed by atoms with E-state index in [9.17, 15) is 4.79 Å². The summed E-state index contributed by atoms with van der Waals surface area (Å²) in [7, 11) is 1.61. The standard InChI is InChI=1S/C21H25NO4/c1-14-5-10-17-18(12-21(2,3)26-19(17)11-14)22-20(23)13-25-16-8-6-15(24-4)7-9-16/h5-11,18H,12-13H2,1-4H3,(H,22,23)/t18-/m1/s1. The highest BCUT2D eigenvalue weighted by atomic mass is 16.5. The summed E-state index contributed by atoms with van der Waals surface area (Å²) in [5.74, 6) is 2.06. The lowest BCUT2D eigenvalue weighted by Crippen LogP contribution is -2.42. The highest BCUT2D eigenvalue weighted by Crippen LogP contribution is 2.39. The first kappa shape index (κ1) is 18.1. The first-order valence-corrected chi connectivity index (χ1v) is 8.72. The predicted molar refractivity (Wildman–Crippen MR) is 99.9 cm³/mol. The second-order valence-electron chi connectivity index (χ2n) is 7.19. The van der Waals surface area contributed by atoms with Gasteiger partial charge in [-0.1, -0.05) is 12.1 Å². The first-order chi connectivity index (χ1) is 12.4. The summed E-state index contributed by atoms with van der Waals surface area (Å²) in [5, 5.41) is 3.07. The summed E-state index contributed by atoms with van der Waals surface area (Å²) in [6.45, 7) is 6.06. The molecule has 1 atom stereocenters. The maximum absolute atomic E-state index is 12.4. The largest absolute Gasteiger partial charge is 0.497 e. The van der Waals surface area contributed by atoms with E-state index in [1.54, 1.807) is 31.4 Å². The van der Waals surface area contributed by atoms with Crippen molar-refractivity contribution in [1.82, 2.24) is 5.32 Å². The van der Waals surface area contributed by atoms with Crippen molar-refractivity contribution in [2.75, 3.05) is 13.7 Å². The van der Waals surface area contributed by atoms with E-state index in [0.29, 0.717) is 12.2 Å². The number of carbonyl (C=O) groups excluding carboxylic acids is 1. The number of methoxy groups -OCH3 is 1. The van der Waals surface area contributed by atoms with Crippen LogP contribution >= 0.6 is 0 Å². The second kappa shape index (κ2) is 7.28. The minimum absolute atomic E-state index is 0.0364. The van der Waals surface area contributed by atoms with E-state index in [0.717, 1.165) is 22.6 Å². The summed E-state index contributed by atoms with van der Waals surface area (Å²) in [4.78, 5) is 12.4. The number of rotatable bonds is 5. The van der Waals surface area contributed by atoms with Crippen molar-refractivity contribution >= 4 is 5.91 Å². The Morgan fingerprint density at radius 2 is 1.88 bits per heavy atom. The summed E-state index contributed by atoms with van der Waals surface area (Å²) in [6.07, 6.45) is 0.706. The van der Waals surface area contributed by atoms with Crippen molar-refractivity contribution in [3.8, 4) is 17.2 Å². The lowest BCUT2D eigenvalue weighted by Gasteiger charge is -2.38. The van der Waals surface area contributed by atoms with E-state index in [-0.39, 0.29) is 24.2 Å². The second-order valence-corrected chi connectivity index (χ2v) is 7.19. The molecule has 26 heavy (non-hydrogen) atoms. The Bertz CT molecular complexity index is 783. The number of nitrogens with one attached hydrogen (secondary N) is 1. The van der Waals surface area contributed by atoms with Gasteiger partial charge in [0.2, 0.25) is 0 Å². The van der Waals surface area contributed by atoms with Crippen molar-refractivity contribution in [2.45, 2.75) is 38.8 Å². The summed E-state index contributed by atoms with van der Waals surface area (Å²) >= 11 is 0. The molecule has 3 rings (SSSR count). The van der Waals surface area contributed by atoms with E-state index >= 15 is 0 Å². The van der Waals surface area contributed by atoms with Crippen molar-refractivity contribution in [3.05, 3.63) is 53.6 Å². The van der Waals surface area contributed by atoms with Crippen LogP contribution in [0, 0.1) is 6.92 Å². The Kier molecular flexibility index (Phi) is 5.07. The van der Waals surface area contributed by atoms with Gasteiger partial charge in [-0.2, -0.15) is 0 Å². The average Bonchev–Trinajstić information content (AvgIpc) is 2.59. The van der Waals surface area contributed by atoms with Gasteiger partial charge in [0.25, 0.3) is 5.91 Å². The molecular weight excluding hydrogens is 330 g/mol. The van der Waals surface area contributed by atoms with Gasteiger partial charge in [0.1, 0.15) is 22.8 Å². The molecule has 2 aromatic rings. The molecule has 5 heteroatoms. The zero-order valence-corrected chi connectivity index (χ0v) is 15.7. The SMILES string of the molecule is COc1ccc(OCC(=O)N[C@@H]2CC(C)(C)Oc3cc(C)ccc32)cc1.